The highest BCUT2D eigenvalue weighted by Gasteiger charge is 2.72. The van der Waals surface area contributed by atoms with E-state index in [1.54, 1.807) is 0 Å². The zero-order valence-electron chi connectivity index (χ0n) is 21.2. The van der Waals surface area contributed by atoms with Crippen LogP contribution in [0.25, 0.3) is 10.4 Å². The van der Waals surface area contributed by atoms with Crippen molar-refractivity contribution in [3.63, 3.8) is 0 Å². The predicted octanol–water partition coefficient (Wildman–Crippen LogP) is 6.05. The first-order valence-electron chi connectivity index (χ1n) is 11.8. The molecule has 0 atom stereocenters. The second-order valence-electron chi connectivity index (χ2n) is 9.30. The van der Waals surface area contributed by atoms with Crippen LogP contribution in [0.1, 0.15) is 45.6 Å². The molecule has 0 aliphatic heterocycles. The number of benzene rings is 1. The lowest BCUT2D eigenvalue weighted by molar-refractivity contribution is -0.376. The van der Waals surface area contributed by atoms with E-state index in [-0.39, 0.29) is 23.8 Å². The molecule has 0 spiro atoms. The quantitative estimate of drug-likeness (QED) is 0.291. The minimum Gasteiger partial charge on any atom is -0.481 e. The first-order chi connectivity index (χ1) is 19.5. The first kappa shape index (κ1) is 34.7. The van der Waals surface area contributed by atoms with Gasteiger partial charge in [-0.05, 0) is 19.8 Å². The smallest absolute Gasteiger partial charge is 0.430 e. The SMILES string of the molecule is CCN(CC(F)(F)F)C(=O)c1nc(C(=O)NC2CC(C(=O)O)C2)sc1-c1ccc(C(O)(C(F)(F)F)C(F)(F)F)c(Cl)c1Cl. The minimum absolute atomic E-state index is 0.0322. The molecule has 1 aliphatic rings. The van der Waals surface area contributed by atoms with Crippen molar-refractivity contribution in [1.29, 1.82) is 0 Å². The number of aliphatic carboxylic acids is 1. The molecule has 2 amide bonds. The van der Waals surface area contributed by atoms with Gasteiger partial charge in [-0.15, -0.1) is 11.3 Å². The summed E-state index contributed by atoms with van der Waals surface area (Å²) in [5, 5.41) is 18.1. The Balaban J connectivity index is 2.15. The van der Waals surface area contributed by atoms with E-state index in [0.717, 1.165) is 0 Å². The summed E-state index contributed by atoms with van der Waals surface area (Å²) in [6.07, 6.45) is -17.5. The van der Waals surface area contributed by atoms with Crippen molar-refractivity contribution in [2.24, 2.45) is 5.92 Å². The number of carbonyl (C=O) groups is 3. The van der Waals surface area contributed by atoms with Crippen LogP contribution in [-0.2, 0) is 10.4 Å². The Labute approximate surface area is 249 Å². The summed E-state index contributed by atoms with van der Waals surface area (Å²) in [6, 6.07) is -0.0231. The van der Waals surface area contributed by atoms with Gasteiger partial charge in [-0.2, -0.15) is 39.5 Å². The maximum absolute atomic E-state index is 13.5. The van der Waals surface area contributed by atoms with E-state index in [0.29, 0.717) is 17.4 Å². The van der Waals surface area contributed by atoms with Gasteiger partial charge in [0.15, 0.2) is 5.01 Å². The van der Waals surface area contributed by atoms with Crippen molar-refractivity contribution < 1.29 is 64.1 Å². The molecule has 1 aromatic heterocycles. The number of hydrogen-bond donors (Lipinski definition) is 3. The number of amides is 2. The molecule has 20 heteroatoms. The Morgan fingerprint density at radius 1 is 1.02 bits per heavy atom. The summed E-state index contributed by atoms with van der Waals surface area (Å²) >= 11 is 12.1. The Morgan fingerprint density at radius 3 is 2.05 bits per heavy atom. The zero-order valence-corrected chi connectivity index (χ0v) is 23.5. The second-order valence-corrected chi connectivity index (χ2v) is 11.1. The molecule has 0 saturated heterocycles. The van der Waals surface area contributed by atoms with Gasteiger partial charge >= 0.3 is 24.5 Å². The van der Waals surface area contributed by atoms with Gasteiger partial charge in [0, 0.05) is 23.7 Å². The van der Waals surface area contributed by atoms with E-state index < -0.39 is 104 Å². The third-order valence-corrected chi connectivity index (χ3v) is 8.39. The summed E-state index contributed by atoms with van der Waals surface area (Å²) in [4.78, 5) is 40.5. The monoisotopic (exact) mass is 689 g/mol. The normalized spacial score (nSPS) is 17.8. The summed E-state index contributed by atoms with van der Waals surface area (Å²) in [6.45, 7) is -1.14. The lowest BCUT2D eigenvalue weighted by Gasteiger charge is -2.33. The van der Waals surface area contributed by atoms with Crippen molar-refractivity contribution in [2.75, 3.05) is 13.1 Å². The first-order valence-corrected chi connectivity index (χ1v) is 13.4. The fourth-order valence-electron chi connectivity index (χ4n) is 4.09. The number of aromatic nitrogens is 1. The fourth-order valence-corrected chi connectivity index (χ4v) is 5.70. The Bertz CT molecular complexity index is 1410. The van der Waals surface area contributed by atoms with E-state index in [1.807, 2.05) is 0 Å². The van der Waals surface area contributed by atoms with Crippen molar-refractivity contribution >= 4 is 52.3 Å². The van der Waals surface area contributed by atoms with Crippen LogP contribution >= 0.6 is 34.5 Å². The van der Waals surface area contributed by atoms with Gasteiger partial charge in [0.2, 0.25) is 0 Å². The highest BCUT2D eigenvalue weighted by Crippen LogP contribution is 2.54. The Kier molecular flexibility index (Phi) is 9.61. The number of nitrogens with one attached hydrogen (secondary N) is 1. The van der Waals surface area contributed by atoms with Gasteiger partial charge in [-0.3, -0.25) is 14.4 Å². The summed E-state index contributed by atoms with van der Waals surface area (Å²) in [7, 11) is 0. The van der Waals surface area contributed by atoms with Crippen LogP contribution in [0.15, 0.2) is 12.1 Å². The highest BCUT2D eigenvalue weighted by atomic mass is 35.5. The topological polar surface area (TPSA) is 120 Å². The number of carboxylic acids is 1. The molecule has 3 rings (SSSR count). The van der Waals surface area contributed by atoms with Crippen molar-refractivity contribution in [1.82, 2.24) is 15.2 Å². The van der Waals surface area contributed by atoms with E-state index in [4.69, 9.17) is 28.3 Å². The molecule has 0 bridgehead atoms. The molecular formula is C23H18Cl2F9N3O5S. The molecule has 1 aliphatic carbocycles. The zero-order chi connectivity index (χ0) is 32.9. The predicted molar refractivity (Wildman–Crippen MR) is 133 cm³/mol. The Hall–Kier alpha value is -2.83. The van der Waals surface area contributed by atoms with Crippen LogP contribution < -0.4 is 5.32 Å². The van der Waals surface area contributed by atoms with E-state index in [9.17, 15) is 59.0 Å². The lowest BCUT2D eigenvalue weighted by Crippen LogP contribution is -2.54. The van der Waals surface area contributed by atoms with E-state index in [1.165, 1.54) is 6.92 Å². The van der Waals surface area contributed by atoms with Crippen molar-refractivity contribution in [2.45, 2.75) is 49.9 Å². The van der Waals surface area contributed by atoms with Crippen LogP contribution in [0.2, 0.25) is 10.0 Å². The molecule has 8 nitrogen and oxygen atoms in total. The molecule has 0 radical (unpaired) electrons. The van der Waals surface area contributed by atoms with Crippen molar-refractivity contribution in [3.05, 3.63) is 38.4 Å². The van der Waals surface area contributed by atoms with Crippen LogP contribution in [0.3, 0.4) is 0 Å². The van der Waals surface area contributed by atoms with Crippen LogP contribution in [0, 0.1) is 5.92 Å². The van der Waals surface area contributed by atoms with Gasteiger partial charge in [0.05, 0.1) is 20.8 Å². The molecule has 238 valence electrons. The standard InChI is InChI=1S/C23H18Cl2F9N3O5S/c1-2-37(7-20(26,27)28)18(39)14-15(43-17(36-14)16(38)35-9-5-8(6-9)19(40)41)10-3-4-11(13(25)12(10)24)21(42,22(29,30)31)23(32,33)34/h3-4,8-9,42H,2,5-7H2,1H3,(H,35,38)(H,40,41). The molecule has 1 heterocycles. The van der Waals surface area contributed by atoms with Crippen LogP contribution in [-0.4, -0.2) is 75.5 Å². The Morgan fingerprint density at radius 2 is 1.58 bits per heavy atom. The average Bonchev–Trinajstić information content (AvgIpc) is 3.28. The number of thiazole rings is 1. The van der Waals surface area contributed by atoms with Gasteiger partial charge in [0.1, 0.15) is 12.2 Å². The number of nitrogens with zero attached hydrogens (tertiary/aromatic N) is 2. The van der Waals surface area contributed by atoms with Gasteiger partial charge < -0.3 is 20.4 Å². The van der Waals surface area contributed by atoms with Gasteiger partial charge in [-0.25, -0.2) is 4.98 Å². The number of hydrogen-bond acceptors (Lipinski definition) is 6. The maximum Gasteiger partial charge on any atom is 0.430 e. The third-order valence-electron chi connectivity index (χ3n) is 6.42. The summed E-state index contributed by atoms with van der Waals surface area (Å²) in [5.41, 5.74) is -8.85. The van der Waals surface area contributed by atoms with Gasteiger partial charge in [-0.1, -0.05) is 35.3 Å². The third kappa shape index (κ3) is 6.81. The maximum atomic E-state index is 13.5. The average molecular weight is 690 g/mol. The number of halogens is 11. The molecule has 3 N–H and O–H groups in total. The molecule has 1 aromatic carbocycles. The summed E-state index contributed by atoms with van der Waals surface area (Å²) in [5.74, 6) is -4.28. The number of alkyl halides is 9. The largest absolute Gasteiger partial charge is 0.481 e. The number of carboxylic acid groups (broad SMARTS) is 1. The van der Waals surface area contributed by atoms with Crippen molar-refractivity contribution in [3.8, 4) is 10.4 Å². The molecule has 1 saturated carbocycles. The van der Waals surface area contributed by atoms with E-state index >= 15 is 0 Å². The molecule has 43 heavy (non-hydrogen) atoms. The van der Waals surface area contributed by atoms with Gasteiger partial charge in [0.25, 0.3) is 17.4 Å². The highest BCUT2D eigenvalue weighted by molar-refractivity contribution is 7.17. The lowest BCUT2D eigenvalue weighted by atomic mass is 9.80. The molecule has 1 fully saturated rings. The molecule has 2 aromatic rings. The second kappa shape index (κ2) is 11.9. The fraction of sp³-hybridized carbons (Fsp3) is 0.478. The molecule has 0 unspecified atom stereocenters. The summed E-state index contributed by atoms with van der Waals surface area (Å²) < 4.78 is 120. The number of carbonyl (C=O) groups excluding carboxylic acids is 2. The minimum atomic E-state index is -6.34. The number of aliphatic hydroxyl groups is 1. The van der Waals surface area contributed by atoms with Crippen LogP contribution in [0.5, 0.6) is 0 Å². The van der Waals surface area contributed by atoms with Crippen LogP contribution in [0.4, 0.5) is 39.5 Å². The van der Waals surface area contributed by atoms with E-state index in [2.05, 4.69) is 10.3 Å². The molecular weight excluding hydrogens is 672 g/mol. The number of rotatable bonds is 8.